The Balaban J connectivity index is 2.43. The van der Waals surface area contributed by atoms with Gasteiger partial charge in [0.2, 0.25) is 0 Å². The molecule has 3 rings (SSSR count). The largest absolute Gasteiger partial charge is 0.569 e. The van der Waals surface area contributed by atoms with E-state index in [0.29, 0.717) is 13.4 Å². The number of hydrogen-bond acceptors (Lipinski definition) is 3. The maximum Gasteiger partial charge on any atom is 0.569 e. The molecule has 3 aromatic rings. The third kappa shape index (κ3) is 1.27. The van der Waals surface area contributed by atoms with E-state index in [0.717, 1.165) is 21.9 Å². The van der Waals surface area contributed by atoms with Gasteiger partial charge in [0.1, 0.15) is 16.9 Å². The predicted octanol–water partition coefficient (Wildman–Crippen LogP) is 2.49. The SMILES string of the molecule is O[B]Oc1cccc2oc3ccccc3c12. The molecule has 0 saturated heterocycles. The van der Waals surface area contributed by atoms with Crippen LogP contribution in [0.25, 0.3) is 21.9 Å². The number of rotatable bonds is 2. The summed E-state index contributed by atoms with van der Waals surface area (Å²) < 4.78 is 10.7. The topological polar surface area (TPSA) is 42.6 Å². The van der Waals surface area contributed by atoms with Crippen LogP contribution in [-0.4, -0.2) is 12.7 Å². The molecule has 0 saturated carbocycles. The lowest BCUT2D eigenvalue weighted by Crippen LogP contribution is -1.99. The Hall–Kier alpha value is -1.94. The summed E-state index contributed by atoms with van der Waals surface area (Å²) in [6, 6.07) is 13.2. The molecule has 77 valence electrons. The third-order valence-electron chi connectivity index (χ3n) is 2.54. The first-order valence-corrected chi connectivity index (χ1v) is 4.93. The quantitative estimate of drug-likeness (QED) is 0.662. The fraction of sp³-hybridized carbons (Fsp3) is 0. The van der Waals surface area contributed by atoms with Gasteiger partial charge >= 0.3 is 7.69 Å². The average Bonchev–Trinajstić information content (AvgIpc) is 2.68. The summed E-state index contributed by atoms with van der Waals surface area (Å²) in [6.45, 7) is 0. The molecule has 2 aromatic carbocycles. The van der Waals surface area contributed by atoms with E-state index >= 15 is 0 Å². The molecule has 16 heavy (non-hydrogen) atoms. The normalized spacial score (nSPS) is 10.8. The van der Waals surface area contributed by atoms with Crippen molar-refractivity contribution in [2.24, 2.45) is 0 Å². The van der Waals surface area contributed by atoms with Crippen molar-refractivity contribution >= 4 is 29.6 Å². The van der Waals surface area contributed by atoms with Crippen LogP contribution in [0.15, 0.2) is 46.9 Å². The maximum absolute atomic E-state index is 8.71. The molecule has 0 aliphatic heterocycles. The molecule has 1 heterocycles. The highest BCUT2D eigenvalue weighted by Gasteiger charge is 2.10. The summed E-state index contributed by atoms with van der Waals surface area (Å²) >= 11 is 0. The summed E-state index contributed by atoms with van der Waals surface area (Å²) in [5.74, 6) is 0.588. The van der Waals surface area contributed by atoms with Crippen molar-refractivity contribution in [1.82, 2.24) is 0 Å². The first-order chi connectivity index (χ1) is 7.90. The first kappa shape index (κ1) is 9.30. The maximum atomic E-state index is 8.71. The van der Waals surface area contributed by atoms with E-state index in [1.165, 1.54) is 0 Å². The van der Waals surface area contributed by atoms with Gasteiger partial charge < -0.3 is 14.1 Å². The fourth-order valence-corrected chi connectivity index (χ4v) is 1.90. The van der Waals surface area contributed by atoms with Crippen molar-refractivity contribution in [2.45, 2.75) is 0 Å². The second-order valence-corrected chi connectivity index (χ2v) is 3.45. The highest BCUT2D eigenvalue weighted by molar-refractivity contribution is 6.19. The van der Waals surface area contributed by atoms with Crippen molar-refractivity contribution in [1.29, 1.82) is 0 Å². The Morgan fingerprint density at radius 1 is 1.00 bits per heavy atom. The van der Waals surface area contributed by atoms with Crippen molar-refractivity contribution in [3.05, 3.63) is 42.5 Å². The monoisotopic (exact) mass is 211 g/mol. The molecule has 0 unspecified atom stereocenters. The Labute approximate surface area is 92.6 Å². The van der Waals surface area contributed by atoms with Gasteiger partial charge in [-0.25, -0.2) is 0 Å². The molecule has 0 spiro atoms. The van der Waals surface area contributed by atoms with Crippen LogP contribution in [0.4, 0.5) is 0 Å². The predicted molar refractivity (Wildman–Crippen MR) is 62.3 cm³/mol. The molecule has 0 atom stereocenters. The van der Waals surface area contributed by atoms with E-state index in [4.69, 9.17) is 14.1 Å². The zero-order valence-corrected chi connectivity index (χ0v) is 8.38. The summed E-state index contributed by atoms with van der Waals surface area (Å²) in [6.07, 6.45) is 0. The Morgan fingerprint density at radius 3 is 2.69 bits per heavy atom. The van der Waals surface area contributed by atoms with E-state index in [1.807, 2.05) is 36.4 Å². The van der Waals surface area contributed by atoms with E-state index in [1.54, 1.807) is 6.07 Å². The minimum Gasteiger partial charge on any atom is -0.537 e. The van der Waals surface area contributed by atoms with E-state index in [2.05, 4.69) is 0 Å². The highest BCUT2D eigenvalue weighted by atomic mass is 16.5. The lowest BCUT2D eigenvalue weighted by atomic mass is 10.1. The van der Waals surface area contributed by atoms with Crippen LogP contribution >= 0.6 is 0 Å². The van der Waals surface area contributed by atoms with Crippen LogP contribution in [0.2, 0.25) is 0 Å². The number of para-hydroxylation sites is 1. The van der Waals surface area contributed by atoms with Crippen LogP contribution in [-0.2, 0) is 0 Å². The standard InChI is InChI=1S/C12H8BO3/c14-13-16-11-7-3-6-10-12(11)8-4-1-2-5-9(8)15-10/h1-7,14H. The summed E-state index contributed by atoms with van der Waals surface area (Å²) in [5.41, 5.74) is 1.56. The minimum absolute atomic E-state index is 0.588. The van der Waals surface area contributed by atoms with Crippen LogP contribution in [0.1, 0.15) is 0 Å². The molecule has 0 amide bonds. The third-order valence-corrected chi connectivity index (χ3v) is 2.54. The molecule has 1 radical (unpaired) electrons. The Bertz CT molecular complexity index is 645. The second kappa shape index (κ2) is 3.57. The van der Waals surface area contributed by atoms with Crippen molar-refractivity contribution < 1.29 is 14.1 Å². The number of benzene rings is 2. The number of furan rings is 1. The molecule has 1 N–H and O–H groups in total. The lowest BCUT2D eigenvalue weighted by Gasteiger charge is -2.01. The fourth-order valence-electron chi connectivity index (χ4n) is 1.90. The molecular weight excluding hydrogens is 203 g/mol. The zero-order chi connectivity index (χ0) is 11.0. The van der Waals surface area contributed by atoms with E-state index in [-0.39, 0.29) is 0 Å². The minimum atomic E-state index is 0.588. The van der Waals surface area contributed by atoms with Gasteiger partial charge in [0, 0.05) is 5.39 Å². The van der Waals surface area contributed by atoms with Crippen molar-refractivity contribution in [3.8, 4) is 5.75 Å². The van der Waals surface area contributed by atoms with Crippen LogP contribution in [0.3, 0.4) is 0 Å². The number of hydrogen-bond donors (Lipinski definition) is 1. The first-order valence-electron chi connectivity index (χ1n) is 4.93. The van der Waals surface area contributed by atoms with Gasteiger partial charge in [-0.15, -0.1) is 0 Å². The summed E-state index contributed by atoms with van der Waals surface area (Å²) in [5, 5.41) is 10.6. The molecule has 3 nitrogen and oxygen atoms in total. The summed E-state index contributed by atoms with van der Waals surface area (Å²) in [7, 11) is 0.677. The van der Waals surface area contributed by atoms with Gasteiger partial charge in [-0.3, -0.25) is 0 Å². The van der Waals surface area contributed by atoms with Gasteiger partial charge in [0.25, 0.3) is 0 Å². The van der Waals surface area contributed by atoms with Crippen LogP contribution in [0, 0.1) is 0 Å². The smallest absolute Gasteiger partial charge is 0.537 e. The molecule has 1 aromatic heterocycles. The van der Waals surface area contributed by atoms with Gasteiger partial charge in [-0.2, -0.15) is 0 Å². The van der Waals surface area contributed by atoms with Gasteiger partial charge in [0.05, 0.1) is 5.39 Å². The lowest BCUT2D eigenvalue weighted by molar-refractivity contribution is 0.456. The van der Waals surface area contributed by atoms with Crippen molar-refractivity contribution in [3.63, 3.8) is 0 Å². The van der Waals surface area contributed by atoms with E-state index < -0.39 is 0 Å². The Kier molecular flexibility index (Phi) is 2.08. The van der Waals surface area contributed by atoms with Crippen molar-refractivity contribution in [2.75, 3.05) is 0 Å². The molecule has 0 bridgehead atoms. The molecule has 0 aliphatic rings. The number of fused-ring (bicyclic) bond motifs is 3. The molecule has 4 heteroatoms. The molecule has 0 aliphatic carbocycles. The zero-order valence-electron chi connectivity index (χ0n) is 8.38. The van der Waals surface area contributed by atoms with Gasteiger partial charge in [0.15, 0.2) is 0 Å². The van der Waals surface area contributed by atoms with Crippen LogP contribution < -0.4 is 4.65 Å². The van der Waals surface area contributed by atoms with Gasteiger partial charge in [-0.05, 0) is 18.2 Å². The molecular formula is C12H8BO3. The average molecular weight is 211 g/mol. The summed E-state index contributed by atoms with van der Waals surface area (Å²) in [4.78, 5) is 0. The Morgan fingerprint density at radius 2 is 1.81 bits per heavy atom. The van der Waals surface area contributed by atoms with E-state index in [9.17, 15) is 0 Å². The highest BCUT2D eigenvalue weighted by Crippen LogP contribution is 2.34. The van der Waals surface area contributed by atoms with Crippen LogP contribution in [0.5, 0.6) is 5.75 Å². The van der Waals surface area contributed by atoms with Gasteiger partial charge in [-0.1, -0.05) is 24.3 Å². The second-order valence-electron chi connectivity index (χ2n) is 3.45. The molecule has 0 fully saturated rings.